The molecule has 130 valence electrons. The van der Waals surface area contributed by atoms with E-state index < -0.39 is 0 Å². The number of carbonyl (C=O) groups is 1. The van der Waals surface area contributed by atoms with E-state index >= 15 is 0 Å². The van der Waals surface area contributed by atoms with E-state index in [2.05, 4.69) is 15.5 Å². The first-order chi connectivity index (χ1) is 12.0. The van der Waals surface area contributed by atoms with E-state index in [1.165, 1.54) is 11.3 Å². The molecular weight excluding hydrogens is 338 g/mol. The van der Waals surface area contributed by atoms with E-state index in [1.807, 2.05) is 13.8 Å². The number of anilines is 1. The van der Waals surface area contributed by atoms with Crippen molar-refractivity contribution in [3.63, 3.8) is 0 Å². The molecule has 0 saturated heterocycles. The third-order valence-electron chi connectivity index (χ3n) is 4.57. The molecule has 3 aromatic heterocycles. The number of rotatable bonds is 2. The number of amides is 1. The summed E-state index contributed by atoms with van der Waals surface area (Å²) in [6.07, 6.45) is 3.98. The average Bonchev–Trinajstić information content (AvgIpc) is 3.02. The molecule has 7 nitrogen and oxygen atoms in total. The lowest BCUT2D eigenvalue weighted by atomic mass is 10.2. The second-order valence-electron chi connectivity index (χ2n) is 6.42. The lowest BCUT2D eigenvalue weighted by molar-refractivity contribution is 0.102. The summed E-state index contributed by atoms with van der Waals surface area (Å²) in [6, 6.07) is 1.76. The number of H-pyrrole nitrogens is 1. The number of hydrogen-bond donors (Lipinski definition) is 2. The Hall–Kier alpha value is -2.48. The van der Waals surface area contributed by atoms with Gasteiger partial charge in [0.2, 0.25) is 0 Å². The van der Waals surface area contributed by atoms with Crippen molar-refractivity contribution in [1.82, 2.24) is 19.7 Å². The molecule has 0 atom stereocenters. The summed E-state index contributed by atoms with van der Waals surface area (Å²) in [4.78, 5) is 31.4. The van der Waals surface area contributed by atoms with Crippen LogP contribution in [0.4, 0.5) is 5.82 Å². The molecule has 8 heteroatoms. The molecule has 1 aliphatic rings. The minimum absolute atomic E-state index is 0.0229. The lowest BCUT2D eigenvalue weighted by Gasteiger charge is -2.08. The van der Waals surface area contributed by atoms with Crippen molar-refractivity contribution in [2.24, 2.45) is 0 Å². The summed E-state index contributed by atoms with van der Waals surface area (Å²) < 4.78 is 1.79. The molecule has 25 heavy (non-hydrogen) atoms. The summed E-state index contributed by atoms with van der Waals surface area (Å²) in [6.45, 7) is 4.39. The van der Waals surface area contributed by atoms with Crippen LogP contribution in [0.3, 0.4) is 0 Å². The fraction of sp³-hybridized carbons (Fsp3) is 0.412. The Morgan fingerprint density at radius 1 is 1.32 bits per heavy atom. The SMILES string of the molecule is Cc1cc(NC(=O)c2sc3nc4n(c(=O)c3c2C)CCCCC4)n[nH]1. The van der Waals surface area contributed by atoms with Crippen molar-refractivity contribution in [3.8, 4) is 0 Å². The Labute approximate surface area is 148 Å². The third kappa shape index (κ3) is 2.76. The number of aromatic amines is 1. The number of fused-ring (bicyclic) bond motifs is 2. The maximum absolute atomic E-state index is 12.9. The molecular formula is C17H19N5O2S. The normalized spacial score (nSPS) is 14.3. The van der Waals surface area contributed by atoms with E-state index in [1.54, 1.807) is 10.6 Å². The Morgan fingerprint density at radius 2 is 2.16 bits per heavy atom. The van der Waals surface area contributed by atoms with Crippen LogP contribution in [0.2, 0.25) is 0 Å². The summed E-state index contributed by atoms with van der Waals surface area (Å²) >= 11 is 1.28. The molecule has 3 aromatic rings. The molecule has 0 bridgehead atoms. The highest BCUT2D eigenvalue weighted by Gasteiger charge is 2.22. The first-order valence-electron chi connectivity index (χ1n) is 8.41. The second kappa shape index (κ2) is 6.11. The standard InChI is InChI=1S/C17H19N5O2S/c1-9-8-11(21-20-9)18-15(23)14-10(2)13-16(25-14)19-12-6-4-3-5-7-22(12)17(13)24/h8H,3-7H2,1-2H3,(H2,18,20,21,23). The van der Waals surface area contributed by atoms with Gasteiger partial charge in [0.05, 0.1) is 10.3 Å². The first kappa shape index (κ1) is 16.0. The second-order valence-corrected chi connectivity index (χ2v) is 7.42. The van der Waals surface area contributed by atoms with Crippen LogP contribution in [0, 0.1) is 13.8 Å². The first-order valence-corrected chi connectivity index (χ1v) is 9.22. The van der Waals surface area contributed by atoms with Gasteiger partial charge in [-0.25, -0.2) is 4.98 Å². The zero-order valence-corrected chi connectivity index (χ0v) is 15.0. The van der Waals surface area contributed by atoms with Gasteiger partial charge in [-0.1, -0.05) is 6.42 Å². The minimum Gasteiger partial charge on any atom is -0.304 e. The number of nitrogens with zero attached hydrogens (tertiary/aromatic N) is 3. The van der Waals surface area contributed by atoms with E-state index in [0.29, 0.717) is 33.0 Å². The van der Waals surface area contributed by atoms with Crippen LogP contribution in [0.1, 0.15) is 46.0 Å². The Balaban J connectivity index is 1.78. The molecule has 0 aromatic carbocycles. The third-order valence-corrected chi connectivity index (χ3v) is 5.75. The molecule has 2 N–H and O–H groups in total. The topological polar surface area (TPSA) is 92.7 Å². The van der Waals surface area contributed by atoms with Crippen LogP contribution in [-0.4, -0.2) is 25.7 Å². The monoisotopic (exact) mass is 357 g/mol. The summed E-state index contributed by atoms with van der Waals surface area (Å²) in [5.41, 5.74) is 1.54. The van der Waals surface area contributed by atoms with Gasteiger partial charge in [-0.3, -0.25) is 19.3 Å². The molecule has 0 saturated carbocycles. The van der Waals surface area contributed by atoms with Gasteiger partial charge in [0.25, 0.3) is 11.5 Å². The summed E-state index contributed by atoms with van der Waals surface area (Å²) in [7, 11) is 0. The Kier molecular flexibility index (Phi) is 3.91. The van der Waals surface area contributed by atoms with Crippen molar-refractivity contribution < 1.29 is 4.79 Å². The number of hydrogen-bond acceptors (Lipinski definition) is 5. The fourth-order valence-corrected chi connectivity index (χ4v) is 4.37. The highest BCUT2D eigenvalue weighted by molar-refractivity contribution is 7.20. The van der Waals surface area contributed by atoms with Crippen LogP contribution in [0.25, 0.3) is 10.2 Å². The van der Waals surface area contributed by atoms with Gasteiger partial charge < -0.3 is 5.32 Å². The molecule has 0 spiro atoms. The van der Waals surface area contributed by atoms with Gasteiger partial charge in [0.15, 0.2) is 5.82 Å². The van der Waals surface area contributed by atoms with Gasteiger partial charge in [-0.2, -0.15) is 5.10 Å². The number of carbonyl (C=O) groups excluding carboxylic acids is 1. The predicted molar refractivity (Wildman–Crippen MR) is 97.4 cm³/mol. The molecule has 0 fully saturated rings. The Morgan fingerprint density at radius 3 is 2.92 bits per heavy atom. The highest BCUT2D eigenvalue weighted by Crippen LogP contribution is 2.29. The average molecular weight is 357 g/mol. The Bertz CT molecular complexity index is 1030. The van der Waals surface area contributed by atoms with E-state index in [0.717, 1.165) is 37.2 Å². The van der Waals surface area contributed by atoms with Gasteiger partial charge >= 0.3 is 0 Å². The number of aromatic nitrogens is 4. The molecule has 4 rings (SSSR count). The molecule has 0 unspecified atom stereocenters. The van der Waals surface area contributed by atoms with Gasteiger partial charge in [-0.15, -0.1) is 11.3 Å². The van der Waals surface area contributed by atoms with Crippen molar-refractivity contribution in [2.75, 3.05) is 5.32 Å². The van der Waals surface area contributed by atoms with Gasteiger partial charge in [0.1, 0.15) is 10.7 Å². The maximum Gasteiger partial charge on any atom is 0.267 e. The fourth-order valence-electron chi connectivity index (χ4n) is 3.28. The molecule has 0 aliphatic carbocycles. The number of nitrogens with one attached hydrogen (secondary N) is 2. The summed E-state index contributed by atoms with van der Waals surface area (Å²) in [5.74, 6) is 1.05. The molecule has 4 heterocycles. The van der Waals surface area contributed by atoms with Crippen LogP contribution < -0.4 is 10.9 Å². The van der Waals surface area contributed by atoms with Crippen molar-refractivity contribution in [2.45, 2.75) is 46.1 Å². The molecule has 1 aliphatic heterocycles. The summed E-state index contributed by atoms with van der Waals surface area (Å²) in [5, 5.41) is 10.2. The number of aryl methyl sites for hydroxylation is 3. The quantitative estimate of drug-likeness (QED) is 0.737. The molecule has 1 amide bonds. The van der Waals surface area contributed by atoms with Gasteiger partial charge in [0, 0.05) is 24.7 Å². The van der Waals surface area contributed by atoms with Crippen LogP contribution in [0.5, 0.6) is 0 Å². The lowest BCUT2D eigenvalue weighted by Crippen LogP contribution is -2.24. The minimum atomic E-state index is -0.258. The van der Waals surface area contributed by atoms with Crippen molar-refractivity contribution >= 4 is 33.3 Å². The van der Waals surface area contributed by atoms with E-state index in [9.17, 15) is 9.59 Å². The van der Waals surface area contributed by atoms with E-state index in [-0.39, 0.29) is 11.5 Å². The number of thiophene rings is 1. The van der Waals surface area contributed by atoms with Gasteiger partial charge in [-0.05, 0) is 32.3 Å². The van der Waals surface area contributed by atoms with Crippen molar-refractivity contribution in [1.29, 1.82) is 0 Å². The van der Waals surface area contributed by atoms with E-state index in [4.69, 9.17) is 4.98 Å². The zero-order valence-electron chi connectivity index (χ0n) is 14.2. The highest BCUT2D eigenvalue weighted by atomic mass is 32.1. The van der Waals surface area contributed by atoms with Crippen molar-refractivity contribution in [3.05, 3.63) is 38.4 Å². The van der Waals surface area contributed by atoms with Crippen LogP contribution in [-0.2, 0) is 13.0 Å². The smallest absolute Gasteiger partial charge is 0.267 e. The predicted octanol–water partition coefficient (Wildman–Crippen LogP) is 2.78. The maximum atomic E-state index is 12.9. The molecule has 0 radical (unpaired) electrons. The van der Waals surface area contributed by atoms with Crippen LogP contribution >= 0.6 is 11.3 Å². The zero-order chi connectivity index (χ0) is 17.6. The largest absolute Gasteiger partial charge is 0.304 e. The van der Waals surface area contributed by atoms with Crippen LogP contribution in [0.15, 0.2) is 10.9 Å².